The van der Waals surface area contributed by atoms with Crippen molar-refractivity contribution >= 4 is 48.9 Å². The second kappa shape index (κ2) is 15.4. The zero-order valence-electron chi connectivity index (χ0n) is 20.7. The summed E-state index contributed by atoms with van der Waals surface area (Å²) < 4.78 is 21.3. The normalized spacial score (nSPS) is 9.49. The predicted octanol–water partition coefficient (Wildman–Crippen LogP) is 6.23. The van der Waals surface area contributed by atoms with E-state index < -0.39 is 0 Å². The Morgan fingerprint density at radius 3 is 0.771 bits per heavy atom. The van der Waals surface area contributed by atoms with Gasteiger partial charge in [-0.25, -0.2) is 0 Å². The molecule has 0 aromatic heterocycles. The van der Waals surface area contributed by atoms with E-state index in [1.807, 2.05) is 97.1 Å². The van der Waals surface area contributed by atoms with E-state index in [0.29, 0.717) is 0 Å². The summed E-state index contributed by atoms with van der Waals surface area (Å²) in [5.41, 5.74) is 4.16. The molecule has 0 amide bonds. The van der Waals surface area contributed by atoms with Crippen molar-refractivity contribution in [1.82, 2.24) is 0 Å². The number of hydrogen-bond donors (Lipinski definition) is 0. The van der Waals surface area contributed by atoms with Crippen LogP contribution in [-0.2, 0) is 0 Å². The van der Waals surface area contributed by atoms with Gasteiger partial charge in [0.1, 0.15) is 0 Å². The Labute approximate surface area is 249 Å². The second-order valence-corrected chi connectivity index (χ2v) is 7.26. The van der Waals surface area contributed by atoms with Crippen molar-refractivity contribution in [2.24, 2.45) is 0 Å². The summed E-state index contributed by atoms with van der Waals surface area (Å²) in [5.74, 6) is 3.44. The number of benzene rings is 4. The molecule has 4 rings (SSSR count). The first-order valence-corrected chi connectivity index (χ1v) is 10.9. The fraction of sp³-hybridized carbons (Fsp3) is 0.133. The average molecular weight is 592 g/mol. The minimum Gasteiger partial charge on any atom is -0.531 e. The molecule has 0 N–H and O–H groups in total. The van der Waals surface area contributed by atoms with Crippen LogP contribution in [0.3, 0.4) is 0 Å². The molecule has 4 nitrogen and oxygen atoms in total. The topological polar surface area (TPSA) is 36.9 Å². The maximum atomic E-state index is 5.32. The van der Waals surface area contributed by atoms with E-state index in [1.165, 1.54) is 0 Å². The van der Waals surface area contributed by atoms with Crippen LogP contribution >= 0.6 is 0 Å². The van der Waals surface area contributed by atoms with Crippen molar-refractivity contribution in [3.63, 3.8) is 0 Å². The Balaban J connectivity index is 0.000000240. The quantitative estimate of drug-likeness (QED) is 0.180. The van der Waals surface area contributed by atoms with Gasteiger partial charge in [-0.15, -0.1) is 37.1 Å². The van der Waals surface area contributed by atoms with E-state index in [4.69, 9.17) is 18.9 Å². The number of ether oxygens (including phenoxy) is 4. The van der Waals surface area contributed by atoms with E-state index in [1.54, 1.807) is 28.4 Å². The summed E-state index contributed by atoms with van der Waals surface area (Å²) in [6, 6.07) is 31.6. The van der Waals surface area contributed by atoms with Gasteiger partial charge < -0.3 is 18.9 Å². The maximum Gasteiger partial charge on any atom is 2.00 e. The van der Waals surface area contributed by atoms with E-state index in [0.717, 1.165) is 45.3 Å². The zero-order valence-corrected chi connectivity index (χ0v) is 25.2. The van der Waals surface area contributed by atoms with Crippen molar-refractivity contribution in [2.75, 3.05) is 28.4 Å². The van der Waals surface area contributed by atoms with E-state index in [-0.39, 0.29) is 48.9 Å². The molecule has 0 radical (unpaired) electrons. The fourth-order valence-corrected chi connectivity index (χ4v) is 3.48. The summed E-state index contributed by atoms with van der Waals surface area (Å²) in [7, 11) is 6.70. The molecular formula is C30H30BaO4. The largest absolute Gasteiger partial charge is 2.00 e. The predicted molar refractivity (Wildman–Crippen MR) is 143 cm³/mol. The van der Waals surface area contributed by atoms with Gasteiger partial charge in [0.15, 0.2) is 0 Å². The molecule has 35 heavy (non-hydrogen) atoms. The van der Waals surface area contributed by atoms with Crippen LogP contribution in [0.2, 0.25) is 0 Å². The third kappa shape index (κ3) is 8.23. The van der Waals surface area contributed by atoms with E-state index in [2.05, 4.69) is 12.8 Å². The van der Waals surface area contributed by atoms with Crippen LogP contribution < -0.4 is 18.9 Å². The van der Waals surface area contributed by atoms with Crippen LogP contribution in [0.4, 0.5) is 0 Å². The van der Waals surface area contributed by atoms with Gasteiger partial charge in [0, 0.05) is 0 Å². The Morgan fingerprint density at radius 2 is 0.571 bits per heavy atom. The molecule has 4 aromatic rings. The van der Waals surface area contributed by atoms with Crippen LogP contribution in [0.25, 0.3) is 0 Å². The van der Waals surface area contributed by atoms with Gasteiger partial charge in [0.2, 0.25) is 0 Å². The molecule has 5 heteroatoms. The van der Waals surface area contributed by atoms with Crippen molar-refractivity contribution in [2.45, 2.75) is 0 Å². The minimum atomic E-state index is 0. The third-order valence-corrected chi connectivity index (χ3v) is 5.18. The van der Waals surface area contributed by atoms with Gasteiger partial charge in [0.25, 0.3) is 0 Å². The first kappa shape index (κ1) is 28.6. The number of para-hydroxylation sites is 4. The third-order valence-electron chi connectivity index (χ3n) is 5.18. The van der Waals surface area contributed by atoms with Crippen molar-refractivity contribution < 1.29 is 18.9 Å². The van der Waals surface area contributed by atoms with Gasteiger partial charge in [-0.3, -0.25) is 0 Å². The summed E-state index contributed by atoms with van der Waals surface area (Å²) in [6.07, 6.45) is 4.11. The molecule has 0 saturated heterocycles. The number of methoxy groups -OCH3 is 4. The summed E-state index contributed by atoms with van der Waals surface area (Å²) in [5, 5.41) is 0. The van der Waals surface area contributed by atoms with Gasteiger partial charge in [-0.1, -0.05) is 95.1 Å². The summed E-state index contributed by atoms with van der Waals surface area (Å²) >= 11 is 0. The molecule has 0 saturated carbocycles. The standard InChI is InChI=1S/2C15H15O2.Ba/c2*1-16-14-9-5-3-7-12(14)11-13-8-4-6-10-15(13)17-2;/h2*3-11H,1-2H3;/q2*-1;+2. The average Bonchev–Trinajstić information content (AvgIpc) is 2.90. The summed E-state index contributed by atoms with van der Waals surface area (Å²) in [4.78, 5) is 0. The zero-order chi connectivity index (χ0) is 24.2. The Kier molecular flexibility index (Phi) is 12.6. The minimum absolute atomic E-state index is 0. The molecule has 0 fully saturated rings. The van der Waals surface area contributed by atoms with Crippen LogP contribution in [0, 0.1) is 12.8 Å². The van der Waals surface area contributed by atoms with Crippen LogP contribution in [0.5, 0.6) is 23.0 Å². The SMILES string of the molecule is COc1ccccc1[CH-]c1ccccc1OC.COc1ccccc1[CH-]c1ccccc1OC.[Ba+2]. The van der Waals surface area contributed by atoms with E-state index in [9.17, 15) is 0 Å². The first-order valence-electron chi connectivity index (χ1n) is 10.9. The molecule has 0 aliphatic rings. The van der Waals surface area contributed by atoms with Gasteiger partial charge in [-0.2, -0.15) is 0 Å². The molecule has 0 aliphatic heterocycles. The first-order chi connectivity index (χ1) is 16.7. The fourth-order valence-electron chi connectivity index (χ4n) is 3.48. The smallest absolute Gasteiger partial charge is 0.531 e. The molecule has 176 valence electrons. The van der Waals surface area contributed by atoms with Crippen molar-refractivity contribution in [3.8, 4) is 23.0 Å². The van der Waals surface area contributed by atoms with Crippen LogP contribution in [0.1, 0.15) is 22.3 Å². The molecule has 0 atom stereocenters. The van der Waals surface area contributed by atoms with Gasteiger partial charge in [0.05, 0.1) is 51.4 Å². The Morgan fingerprint density at radius 1 is 0.371 bits per heavy atom. The van der Waals surface area contributed by atoms with Gasteiger partial charge >= 0.3 is 48.9 Å². The van der Waals surface area contributed by atoms with Crippen molar-refractivity contribution in [1.29, 1.82) is 0 Å². The summed E-state index contributed by atoms with van der Waals surface area (Å²) in [6.45, 7) is 0. The molecule has 0 bridgehead atoms. The monoisotopic (exact) mass is 592 g/mol. The molecule has 4 aromatic carbocycles. The maximum absolute atomic E-state index is 5.32. The van der Waals surface area contributed by atoms with Gasteiger partial charge in [-0.05, 0) is 0 Å². The van der Waals surface area contributed by atoms with E-state index >= 15 is 0 Å². The molecule has 0 spiro atoms. The Hall–Kier alpha value is -2.61. The molecule has 0 aliphatic carbocycles. The van der Waals surface area contributed by atoms with Crippen LogP contribution in [0.15, 0.2) is 97.1 Å². The number of rotatable bonds is 8. The molecular weight excluding hydrogens is 562 g/mol. The molecule has 0 unspecified atom stereocenters. The second-order valence-electron chi connectivity index (χ2n) is 7.26. The van der Waals surface area contributed by atoms with Crippen LogP contribution in [-0.4, -0.2) is 77.3 Å². The molecule has 0 heterocycles. The van der Waals surface area contributed by atoms with Crippen molar-refractivity contribution in [3.05, 3.63) is 132 Å². The Bertz CT molecular complexity index is 992. The number of hydrogen-bond acceptors (Lipinski definition) is 4.